The van der Waals surface area contributed by atoms with E-state index >= 15 is 0 Å². The molecule has 0 amide bonds. The molecule has 0 bridgehead atoms. The first-order valence-electron chi connectivity index (χ1n) is 9.37. The normalized spacial score (nSPS) is 11.8. The van der Waals surface area contributed by atoms with Gasteiger partial charge in [0.25, 0.3) is 0 Å². The summed E-state index contributed by atoms with van der Waals surface area (Å²) < 4.78 is 6.03. The molecule has 0 aromatic heterocycles. The van der Waals surface area contributed by atoms with Gasteiger partial charge < -0.3 is 4.43 Å². The highest BCUT2D eigenvalue weighted by Crippen LogP contribution is 2.14. The summed E-state index contributed by atoms with van der Waals surface area (Å²) in [6, 6.07) is 1.07. The molecule has 0 heterocycles. The Bertz CT molecular complexity index is 226. The van der Waals surface area contributed by atoms with Gasteiger partial charge in [0.2, 0.25) is 0 Å². The Morgan fingerprint density at radius 2 is 1.19 bits per heavy atom. The van der Waals surface area contributed by atoms with Gasteiger partial charge in [-0.05, 0) is 25.6 Å². The highest BCUT2D eigenvalue weighted by molar-refractivity contribution is 6.71. The molecule has 0 unspecified atom stereocenters. The number of hydrogen-bond donors (Lipinski definition) is 0. The minimum absolute atomic E-state index is 0.963. The fourth-order valence-corrected chi connectivity index (χ4v) is 4.21. The molecule has 0 saturated heterocycles. The standard InChI is InChI=1S/C19H40OSi/c1-5-7-8-9-10-11-12-13-14-15-16-17-18-20-21(3,4)19-6-2/h6H,2,5,7-19H2,1,3-4H3. The molecule has 1 nitrogen and oxygen atoms in total. The molecule has 0 rings (SSSR count). The van der Waals surface area contributed by atoms with Gasteiger partial charge in [-0.25, -0.2) is 0 Å². The summed E-state index contributed by atoms with van der Waals surface area (Å²) >= 11 is 0. The quantitative estimate of drug-likeness (QED) is 0.168. The maximum absolute atomic E-state index is 6.03. The second-order valence-electron chi connectivity index (χ2n) is 6.99. The highest BCUT2D eigenvalue weighted by Gasteiger charge is 2.19. The van der Waals surface area contributed by atoms with Gasteiger partial charge in [0.1, 0.15) is 0 Å². The van der Waals surface area contributed by atoms with Gasteiger partial charge >= 0.3 is 0 Å². The summed E-state index contributed by atoms with van der Waals surface area (Å²) in [5, 5.41) is 0. The number of hydrogen-bond acceptors (Lipinski definition) is 1. The summed E-state index contributed by atoms with van der Waals surface area (Å²) in [6.07, 6.45) is 18.9. The zero-order valence-corrected chi connectivity index (χ0v) is 16.1. The summed E-state index contributed by atoms with van der Waals surface area (Å²) in [6.45, 7) is 11.6. The van der Waals surface area contributed by atoms with E-state index in [2.05, 4.69) is 26.6 Å². The zero-order valence-electron chi connectivity index (χ0n) is 15.1. The largest absolute Gasteiger partial charge is 0.417 e. The van der Waals surface area contributed by atoms with Crippen molar-refractivity contribution in [3.05, 3.63) is 12.7 Å². The number of rotatable bonds is 16. The number of unbranched alkanes of at least 4 members (excludes halogenated alkanes) is 11. The van der Waals surface area contributed by atoms with E-state index in [0.717, 1.165) is 12.7 Å². The monoisotopic (exact) mass is 312 g/mol. The smallest absolute Gasteiger partial charge is 0.190 e. The van der Waals surface area contributed by atoms with E-state index < -0.39 is 8.32 Å². The Balaban J connectivity index is 3.14. The number of allylic oxidation sites excluding steroid dienone is 1. The second-order valence-corrected chi connectivity index (χ2v) is 11.2. The van der Waals surface area contributed by atoms with Gasteiger partial charge in [-0.2, -0.15) is 0 Å². The molecule has 0 aliphatic rings. The van der Waals surface area contributed by atoms with Crippen LogP contribution in [0, 0.1) is 0 Å². The van der Waals surface area contributed by atoms with Crippen LogP contribution in [-0.4, -0.2) is 14.9 Å². The van der Waals surface area contributed by atoms with Crippen LogP contribution in [0.25, 0.3) is 0 Å². The van der Waals surface area contributed by atoms with Crippen molar-refractivity contribution >= 4 is 8.32 Å². The summed E-state index contributed by atoms with van der Waals surface area (Å²) in [7, 11) is -1.42. The SMILES string of the molecule is C=CC[Si](C)(C)OCCCCCCCCCCCCCC. The van der Waals surface area contributed by atoms with E-state index in [0.29, 0.717) is 0 Å². The molecule has 0 atom stereocenters. The van der Waals surface area contributed by atoms with Crippen molar-refractivity contribution in [2.75, 3.05) is 6.61 Å². The van der Waals surface area contributed by atoms with Gasteiger partial charge in [-0.15, -0.1) is 6.58 Å². The molecule has 0 N–H and O–H groups in total. The first kappa shape index (κ1) is 20.9. The molecule has 21 heavy (non-hydrogen) atoms. The van der Waals surface area contributed by atoms with E-state index in [9.17, 15) is 0 Å². The van der Waals surface area contributed by atoms with Crippen molar-refractivity contribution in [2.24, 2.45) is 0 Å². The molecule has 0 aromatic carbocycles. The Labute approximate surface area is 135 Å². The summed E-state index contributed by atoms with van der Waals surface area (Å²) in [5.41, 5.74) is 0. The lowest BCUT2D eigenvalue weighted by atomic mass is 10.1. The van der Waals surface area contributed by atoms with Gasteiger partial charge in [-0.3, -0.25) is 0 Å². The van der Waals surface area contributed by atoms with Crippen molar-refractivity contribution in [3.8, 4) is 0 Å². The Hall–Kier alpha value is -0.0831. The van der Waals surface area contributed by atoms with Crippen LogP contribution in [0.3, 0.4) is 0 Å². The Kier molecular flexibility index (Phi) is 14.8. The summed E-state index contributed by atoms with van der Waals surface area (Å²) in [4.78, 5) is 0. The first-order chi connectivity index (χ1) is 10.1. The Morgan fingerprint density at radius 1 is 0.762 bits per heavy atom. The van der Waals surface area contributed by atoms with Crippen molar-refractivity contribution in [2.45, 2.75) is 103 Å². The topological polar surface area (TPSA) is 9.23 Å². The third kappa shape index (κ3) is 16.1. The van der Waals surface area contributed by atoms with Crippen molar-refractivity contribution in [1.29, 1.82) is 0 Å². The third-order valence-electron chi connectivity index (χ3n) is 4.13. The lowest BCUT2D eigenvalue weighted by Gasteiger charge is -2.20. The molecule has 0 radical (unpaired) electrons. The van der Waals surface area contributed by atoms with Crippen LogP contribution in [0.5, 0.6) is 0 Å². The fourth-order valence-electron chi connectivity index (χ4n) is 2.70. The average molecular weight is 313 g/mol. The maximum atomic E-state index is 6.03. The van der Waals surface area contributed by atoms with E-state index in [1.54, 1.807) is 0 Å². The molecule has 0 aliphatic heterocycles. The maximum Gasteiger partial charge on any atom is 0.190 e. The van der Waals surface area contributed by atoms with Crippen molar-refractivity contribution in [1.82, 2.24) is 0 Å². The molecule has 0 aromatic rings. The third-order valence-corrected chi connectivity index (χ3v) is 6.38. The van der Waals surface area contributed by atoms with Crippen molar-refractivity contribution < 1.29 is 4.43 Å². The van der Waals surface area contributed by atoms with Crippen LogP contribution in [-0.2, 0) is 4.43 Å². The van der Waals surface area contributed by atoms with Crippen LogP contribution in [0.15, 0.2) is 12.7 Å². The first-order valence-corrected chi connectivity index (χ1v) is 12.5. The van der Waals surface area contributed by atoms with E-state index in [-0.39, 0.29) is 0 Å². The zero-order chi connectivity index (χ0) is 15.8. The minimum atomic E-state index is -1.42. The lowest BCUT2D eigenvalue weighted by molar-refractivity contribution is 0.296. The molecule has 126 valence electrons. The molecule has 0 spiro atoms. The molecular weight excluding hydrogens is 272 g/mol. The lowest BCUT2D eigenvalue weighted by Crippen LogP contribution is -2.29. The van der Waals surface area contributed by atoms with Gasteiger partial charge in [0, 0.05) is 6.61 Å². The van der Waals surface area contributed by atoms with Crippen LogP contribution in [0.2, 0.25) is 19.1 Å². The van der Waals surface area contributed by atoms with Gasteiger partial charge in [0.15, 0.2) is 8.32 Å². The second kappa shape index (κ2) is 14.8. The Morgan fingerprint density at radius 3 is 1.62 bits per heavy atom. The summed E-state index contributed by atoms with van der Waals surface area (Å²) in [5.74, 6) is 0. The fraction of sp³-hybridized carbons (Fsp3) is 0.895. The predicted octanol–water partition coefficient (Wildman–Crippen LogP) is 7.10. The van der Waals surface area contributed by atoms with E-state index in [1.807, 2.05) is 6.08 Å². The average Bonchev–Trinajstić information content (AvgIpc) is 2.44. The van der Waals surface area contributed by atoms with Gasteiger partial charge in [-0.1, -0.05) is 83.6 Å². The van der Waals surface area contributed by atoms with E-state index in [1.165, 1.54) is 77.0 Å². The van der Waals surface area contributed by atoms with Crippen LogP contribution in [0.1, 0.15) is 84.0 Å². The van der Waals surface area contributed by atoms with Crippen LogP contribution < -0.4 is 0 Å². The molecule has 2 heteroatoms. The predicted molar refractivity (Wildman–Crippen MR) is 99.5 cm³/mol. The molecular formula is C19H40OSi. The van der Waals surface area contributed by atoms with Crippen LogP contribution >= 0.6 is 0 Å². The minimum Gasteiger partial charge on any atom is -0.417 e. The molecule has 0 aliphatic carbocycles. The van der Waals surface area contributed by atoms with Crippen LogP contribution in [0.4, 0.5) is 0 Å². The van der Waals surface area contributed by atoms with Crippen molar-refractivity contribution in [3.63, 3.8) is 0 Å². The van der Waals surface area contributed by atoms with E-state index in [4.69, 9.17) is 4.43 Å². The molecule has 0 fully saturated rings. The van der Waals surface area contributed by atoms with Gasteiger partial charge in [0.05, 0.1) is 0 Å². The highest BCUT2D eigenvalue weighted by atomic mass is 28.4. The molecule has 0 saturated carbocycles.